The predicted octanol–water partition coefficient (Wildman–Crippen LogP) is 1.49. The van der Waals surface area contributed by atoms with Crippen molar-refractivity contribution in [2.24, 2.45) is 4.99 Å². The molecule has 1 aromatic rings. The summed E-state index contributed by atoms with van der Waals surface area (Å²) in [5, 5.41) is 8.24. The molecule has 0 amide bonds. The van der Waals surface area contributed by atoms with Gasteiger partial charge in [-0.1, -0.05) is 0 Å². The zero-order chi connectivity index (χ0) is 9.68. The molecule has 2 N–H and O–H groups in total. The highest BCUT2D eigenvalue weighted by Gasteiger charge is 2.00. The minimum absolute atomic E-state index is 0.446. The summed E-state index contributed by atoms with van der Waals surface area (Å²) in [6.07, 6.45) is 2.69. The molecule has 13 heavy (non-hydrogen) atoms. The van der Waals surface area contributed by atoms with Crippen LogP contribution < -0.4 is 10.2 Å². The second-order valence-corrected chi connectivity index (χ2v) is 2.92. The lowest BCUT2D eigenvalue weighted by atomic mass is 10.4. The number of halogens is 1. The van der Waals surface area contributed by atoms with Crippen molar-refractivity contribution < 1.29 is 9.94 Å². The maximum atomic E-state index is 8.24. The fourth-order valence-corrected chi connectivity index (χ4v) is 1.11. The van der Waals surface area contributed by atoms with E-state index >= 15 is 0 Å². The molecule has 0 aromatic carbocycles. The van der Waals surface area contributed by atoms with E-state index in [1.807, 2.05) is 0 Å². The van der Waals surface area contributed by atoms with E-state index in [0.29, 0.717) is 11.6 Å². The number of hydroxylamine groups is 1. The number of pyridine rings is 1. The van der Waals surface area contributed by atoms with Gasteiger partial charge in [0.2, 0.25) is 0 Å². The number of methoxy groups -OCH3 is 1. The molecule has 0 bridgehead atoms. The average Bonchev–Trinajstić information content (AvgIpc) is 2.16. The third-order valence-electron chi connectivity index (χ3n) is 1.28. The van der Waals surface area contributed by atoms with Crippen LogP contribution in [-0.2, 0) is 0 Å². The second kappa shape index (κ2) is 4.78. The van der Waals surface area contributed by atoms with Crippen LogP contribution in [0.5, 0.6) is 5.75 Å². The van der Waals surface area contributed by atoms with Gasteiger partial charge >= 0.3 is 0 Å². The number of aromatic nitrogens is 1. The Morgan fingerprint density at radius 1 is 1.77 bits per heavy atom. The van der Waals surface area contributed by atoms with E-state index in [-0.39, 0.29) is 0 Å². The third-order valence-corrected chi connectivity index (χ3v) is 1.88. The summed E-state index contributed by atoms with van der Waals surface area (Å²) in [5.41, 5.74) is 1.78. The van der Waals surface area contributed by atoms with Crippen molar-refractivity contribution in [2.75, 3.05) is 7.11 Å². The molecule has 0 spiro atoms. The second-order valence-electron chi connectivity index (χ2n) is 2.06. The summed E-state index contributed by atoms with van der Waals surface area (Å²) in [5.74, 6) is 1.08. The predicted molar refractivity (Wildman–Crippen MR) is 51.6 cm³/mol. The lowest BCUT2D eigenvalue weighted by Crippen LogP contribution is -2.01. The van der Waals surface area contributed by atoms with Gasteiger partial charge in [0.15, 0.2) is 5.82 Å². The van der Waals surface area contributed by atoms with E-state index in [1.165, 1.54) is 0 Å². The topological polar surface area (TPSA) is 66.7 Å². The van der Waals surface area contributed by atoms with E-state index < -0.39 is 0 Å². The van der Waals surface area contributed by atoms with Crippen LogP contribution in [0.4, 0.5) is 5.82 Å². The monoisotopic (exact) mass is 245 g/mol. The molecule has 0 fully saturated rings. The molecule has 1 rings (SSSR count). The Balaban J connectivity index is 2.92. The van der Waals surface area contributed by atoms with Gasteiger partial charge < -0.3 is 4.74 Å². The molecule has 6 heteroatoms. The minimum Gasteiger partial charge on any atom is -0.495 e. The lowest BCUT2D eigenvalue weighted by Gasteiger charge is -2.02. The number of aliphatic imine (C=N–C) groups is 1. The molecule has 70 valence electrons. The molecule has 5 nitrogen and oxygen atoms in total. The van der Waals surface area contributed by atoms with Crippen molar-refractivity contribution in [1.82, 2.24) is 10.5 Å². The van der Waals surface area contributed by atoms with Crippen molar-refractivity contribution in [3.05, 3.63) is 16.7 Å². The highest BCUT2D eigenvalue weighted by atomic mass is 79.9. The van der Waals surface area contributed by atoms with Gasteiger partial charge in [-0.15, -0.1) is 0 Å². The first kappa shape index (κ1) is 9.94. The quantitative estimate of drug-likeness (QED) is 0.481. The van der Waals surface area contributed by atoms with Crippen molar-refractivity contribution >= 4 is 28.1 Å². The molecule has 0 saturated carbocycles. The van der Waals surface area contributed by atoms with Crippen molar-refractivity contribution in [2.45, 2.75) is 0 Å². The van der Waals surface area contributed by atoms with Crippen LogP contribution >= 0.6 is 15.9 Å². The first-order valence-corrected chi connectivity index (χ1v) is 4.19. The van der Waals surface area contributed by atoms with Gasteiger partial charge in [-0.3, -0.25) is 10.7 Å². The van der Waals surface area contributed by atoms with E-state index in [9.17, 15) is 0 Å². The summed E-state index contributed by atoms with van der Waals surface area (Å²) in [6, 6.07) is 1.64. The van der Waals surface area contributed by atoms with Crippen molar-refractivity contribution in [1.29, 1.82) is 0 Å². The van der Waals surface area contributed by atoms with Gasteiger partial charge in [0.1, 0.15) is 12.1 Å². The highest BCUT2D eigenvalue weighted by molar-refractivity contribution is 9.10. The fraction of sp³-hybridized carbons (Fsp3) is 0.143. The van der Waals surface area contributed by atoms with Crippen LogP contribution in [0.25, 0.3) is 0 Å². The van der Waals surface area contributed by atoms with Crippen LogP contribution in [0.3, 0.4) is 0 Å². The normalized spacial score (nSPS) is 10.4. The number of hydrogen-bond donors (Lipinski definition) is 2. The zero-order valence-electron chi connectivity index (χ0n) is 6.86. The number of ether oxygens (including phenoxy) is 1. The molecule has 0 aliphatic rings. The molecule has 1 aromatic heterocycles. The summed E-state index contributed by atoms with van der Waals surface area (Å²) >= 11 is 3.25. The summed E-state index contributed by atoms with van der Waals surface area (Å²) in [6.45, 7) is 0. The Morgan fingerprint density at radius 3 is 3.15 bits per heavy atom. The average molecular weight is 246 g/mol. The molecule has 0 saturated heterocycles. The van der Waals surface area contributed by atoms with E-state index in [0.717, 1.165) is 10.8 Å². The number of nitrogens with one attached hydrogen (secondary N) is 1. The zero-order valence-corrected chi connectivity index (χ0v) is 8.45. The molecular weight excluding hydrogens is 238 g/mol. The first-order chi connectivity index (χ1) is 6.27. The van der Waals surface area contributed by atoms with Gasteiger partial charge in [0.05, 0.1) is 11.6 Å². The highest BCUT2D eigenvalue weighted by Crippen LogP contribution is 2.26. The molecule has 0 atom stereocenters. The van der Waals surface area contributed by atoms with Crippen LogP contribution in [-0.4, -0.2) is 23.6 Å². The largest absolute Gasteiger partial charge is 0.495 e. The molecule has 0 aliphatic heterocycles. The summed E-state index contributed by atoms with van der Waals surface area (Å²) in [7, 11) is 1.55. The smallest absolute Gasteiger partial charge is 0.157 e. The Labute approximate surface area is 83.6 Å². The molecular formula is C7H8BrN3O2. The van der Waals surface area contributed by atoms with Crippen molar-refractivity contribution in [3.63, 3.8) is 0 Å². The number of hydrogen-bond acceptors (Lipinski definition) is 4. The van der Waals surface area contributed by atoms with Crippen LogP contribution in [0, 0.1) is 0 Å². The maximum absolute atomic E-state index is 8.24. The minimum atomic E-state index is 0.446. The maximum Gasteiger partial charge on any atom is 0.157 e. The first-order valence-electron chi connectivity index (χ1n) is 3.39. The van der Waals surface area contributed by atoms with Gasteiger partial charge in [0, 0.05) is 12.3 Å². The molecule has 0 radical (unpaired) electrons. The van der Waals surface area contributed by atoms with Crippen LogP contribution in [0.2, 0.25) is 0 Å². The fourth-order valence-electron chi connectivity index (χ4n) is 0.732. The van der Waals surface area contributed by atoms with E-state index in [4.69, 9.17) is 9.94 Å². The van der Waals surface area contributed by atoms with Gasteiger partial charge in [-0.25, -0.2) is 9.98 Å². The lowest BCUT2D eigenvalue weighted by molar-refractivity contribution is 0.240. The Kier molecular flexibility index (Phi) is 3.66. The number of nitrogens with zero attached hydrogens (tertiary/aromatic N) is 2. The van der Waals surface area contributed by atoms with Crippen LogP contribution in [0.1, 0.15) is 0 Å². The van der Waals surface area contributed by atoms with Gasteiger partial charge in [-0.2, -0.15) is 0 Å². The third kappa shape index (κ3) is 2.67. The summed E-state index contributed by atoms with van der Waals surface area (Å²) in [4.78, 5) is 7.72. The SMILES string of the molecule is COc1cc(/N=C/NO)ncc1Br. The standard InChI is InChI=1S/C7H8BrN3O2/c1-13-6-2-7(10-4-11-12)9-3-5(6)8/h2-4,12H,1H3,(H,9,10,11). The number of rotatable bonds is 3. The Bertz CT molecular complexity index is 317. The van der Waals surface area contributed by atoms with E-state index in [1.54, 1.807) is 24.9 Å². The molecule has 0 unspecified atom stereocenters. The Hall–Kier alpha value is -1.14. The molecule has 0 aliphatic carbocycles. The van der Waals surface area contributed by atoms with Gasteiger partial charge in [0.25, 0.3) is 0 Å². The Morgan fingerprint density at radius 2 is 2.54 bits per heavy atom. The molecule has 1 heterocycles. The van der Waals surface area contributed by atoms with Gasteiger partial charge in [-0.05, 0) is 15.9 Å². The van der Waals surface area contributed by atoms with E-state index in [2.05, 4.69) is 25.9 Å². The summed E-state index contributed by atoms with van der Waals surface area (Å²) < 4.78 is 5.78. The van der Waals surface area contributed by atoms with Crippen molar-refractivity contribution in [3.8, 4) is 5.75 Å². The van der Waals surface area contributed by atoms with Crippen LogP contribution in [0.15, 0.2) is 21.7 Å².